The van der Waals surface area contributed by atoms with E-state index in [1.54, 1.807) is 0 Å². The molecule has 0 aliphatic carbocycles. The molecule has 10 heteroatoms. The molecule has 0 bridgehead atoms. The molecule has 0 saturated carbocycles. The molecular formula is C15H23F3N4O3. The van der Waals surface area contributed by atoms with Gasteiger partial charge in [-0.3, -0.25) is 14.4 Å². The Morgan fingerprint density at radius 3 is 2.60 bits per heavy atom. The minimum absolute atomic E-state index is 0.177. The molecular weight excluding hydrogens is 341 g/mol. The minimum atomic E-state index is -4.48. The van der Waals surface area contributed by atoms with Gasteiger partial charge in [-0.1, -0.05) is 0 Å². The largest absolute Gasteiger partial charge is 0.406 e. The highest BCUT2D eigenvalue weighted by Gasteiger charge is 2.42. The van der Waals surface area contributed by atoms with E-state index in [2.05, 4.69) is 5.32 Å². The van der Waals surface area contributed by atoms with E-state index in [0.717, 1.165) is 0 Å². The van der Waals surface area contributed by atoms with Gasteiger partial charge in [-0.2, -0.15) is 13.2 Å². The molecule has 2 rings (SSSR count). The van der Waals surface area contributed by atoms with Gasteiger partial charge in [0.15, 0.2) is 0 Å². The lowest BCUT2D eigenvalue weighted by Crippen LogP contribution is -2.48. The van der Waals surface area contributed by atoms with Gasteiger partial charge in [-0.25, -0.2) is 0 Å². The maximum atomic E-state index is 12.6. The van der Waals surface area contributed by atoms with Crippen LogP contribution in [0.15, 0.2) is 0 Å². The van der Waals surface area contributed by atoms with Crippen LogP contribution in [0.4, 0.5) is 13.2 Å². The van der Waals surface area contributed by atoms with Crippen molar-refractivity contribution in [3.8, 4) is 0 Å². The second-order valence-corrected chi connectivity index (χ2v) is 6.49. The first-order chi connectivity index (χ1) is 11.7. The summed E-state index contributed by atoms with van der Waals surface area (Å²) >= 11 is 0. The average Bonchev–Trinajstić information content (AvgIpc) is 2.91. The molecule has 2 saturated heterocycles. The normalized spacial score (nSPS) is 24.6. The van der Waals surface area contributed by atoms with Crippen molar-refractivity contribution >= 4 is 17.7 Å². The van der Waals surface area contributed by atoms with Crippen molar-refractivity contribution < 1.29 is 27.6 Å². The average molecular weight is 364 g/mol. The minimum Gasteiger partial charge on any atom is -0.355 e. The number of likely N-dealkylation sites (tertiary alicyclic amines) is 2. The molecule has 3 N–H and O–H groups in total. The third-order valence-electron chi connectivity index (χ3n) is 4.48. The van der Waals surface area contributed by atoms with Crippen molar-refractivity contribution in [2.24, 2.45) is 17.6 Å². The van der Waals surface area contributed by atoms with Crippen LogP contribution in [0.2, 0.25) is 0 Å². The van der Waals surface area contributed by atoms with Gasteiger partial charge in [0.05, 0.1) is 11.8 Å². The van der Waals surface area contributed by atoms with Crippen LogP contribution in [-0.2, 0) is 14.4 Å². The number of carbonyl (C=O) groups excluding carboxylic acids is 3. The van der Waals surface area contributed by atoms with Gasteiger partial charge < -0.3 is 20.9 Å². The van der Waals surface area contributed by atoms with Gasteiger partial charge in [0, 0.05) is 39.1 Å². The van der Waals surface area contributed by atoms with Gasteiger partial charge in [0.2, 0.25) is 17.7 Å². The van der Waals surface area contributed by atoms with Crippen molar-refractivity contribution in [2.45, 2.75) is 25.4 Å². The molecule has 2 fully saturated rings. The summed E-state index contributed by atoms with van der Waals surface area (Å²) in [6.07, 6.45) is -3.41. The number of hydrogen-bond acceptors (Lipinski definition) is 4. The second-order valence-electron chi connectivity index (χ2n) is 6.49. The maximum absolute atomic E-state index is 12.6. The van der Waals surface area contributed by atoms with E-state index in [1.165, 1.54) is 4.90 Å². The van der Waals surface area contributed by atoms with Crippen molar-refractivity contribution in [3.63, 3.8) is 0 Å². The van der Waals surface area contributed by atoms with Crippen molar-refractivity contribution in [1.82, 2.24) is 15.1 Å². The van der Waals surface area contributed by atoms with Gasteiger partial charge in [0.25, 0.3) is 0 Å². The number of alkyl halides is 3. The molecule has 25 heavy (non-hydrogen) atoms. The molecule has 7 nitrogen and oxygen atoms in total. The van der Waals surface area contributed by atoms with Gasteiger partial charge in [-0.05, 0) is 12.8 Å². The van der Waals surface area contributed by atoms with Crippen molar-refractivity contribution in [2.75, 3.05) is 39.3 Å². The van der Waals surface area contributed by atoms with Crippen LogP contribution >= 0.6 is 0 Å². The molecule has 0 aromatic carbocycles. The highest BCUT2D eigenvalue weighted by atomic mass is 19.4. The van der Waals surface area contributed by atoms with E-state index in [4.69, 9.17) is 5.73 Å². The molecule has 0 aromatic heterocycles. The molecule has 2 aliphatic heterocycles. The smallest absolute Gasteiger partial charge is 0.355 e. The van der Waals surface area contributed by atoms with Gasteiger partial charge >= 0.3 is 6.18 Å². The third-order valence-corrected chi connectivity index (χ3v) is 4.48. The lowest BCUT2D eigenvalue weighted by Gasteiger charge is -2.33. The highest BCUT2D eigenvalue weighted by molar-refractivity contribution is 5.89. The number of nitrogens with zero attached hydrogens (tertiary/aromatic N) is 2. The molecule has 0 spiro atoms. The van der Waals surface area contributed by atoms with E-state index in [9.17, 15) is 27.6 Å². The number of rotatable bonds is 5. The summed E-state index contributed by atoms with van der Waals surface area (Å²) < 4.78 is 37.4. The third kappa shape index (κ3) is 5.32. The Morgan fingerprint density at radius 1 is 1.24 bits per heavy atom. The van der Waals surface area contributed by atoms with Crippen LogP contribution in [0.1, 0.15) is 19.3 Å². The van der Waals surface area contributed by atoms with E-state index in [0.29, 0.717) is 37.4 Å². The molecule has 3 amide bonds. The molecule has 142 valence electrons. The quantitative estimate of drug-likeness (QED) is 0.701. The summed E-state index contributed by atoms with van der Waals surface area (Å²) in [7, 11) is 0. The van der Waals surface area contributed by atoms with Crippen LogP contribution in [0.25, 0.3) is 0 Å². The summed E-state index contributed by atoms with van der Waals surface area (Å²) in [5, 5.41) is 2.68. The lowest BCUT2D eigenvalue weighted by molar-refractivity contribution is -0.157. The monoisotopic (exact) mass is 364 g/mol. The van der Waals surface area contributed by atoms with Crippen molar-refractivity contribution in [1.29, 1.82) is 0 Å². The fourth-order valence-electron chi connectivity index (χ4n) is 3.30. The lowest BCUT2D eigenvalue weighted by atomic mass is 9.95. The summed E-state index contributed by atoms with van der Waals surface area (Å²) in [4.78, 5) is 38.5. The zero-order chi connectivity index (χ0) is 18.6. The number of piperidine rings is 1. The summed E-state index contributed by atoms with van der Waals surface area (Å²) in [5.74, 6) is -2.32. The van der Waals surface area contributed by atoms with E-state index >= 15 is 0 Å². The SMILES string of the molecule is NCCNC(=O)C1CCCN(C(=O)C2CC(=O)N(CC(F)(F)F)C2)C1. The Hall–Kier alpha value is -1.84. The summed E-state index contributed by atoms with van der Waals surface area (Å²) in [6, 6.07) is 0. The first-order valence-electron chi connectivity index (χ1n) is 8.32. The Bertz CT molecular complexity index is 527. The number of nitrogens with one attached hydrogen (secondary N) is 1. The Morgan fingerprint density at radius 2 is 1.96 bits per heavy atom. The Balaban J connectivity index is 1.92. The highest BCUT2D eigenvalue weighted by Crippen LogP contribution is 2.27. The first-order valence-corrected chi connectivity index (χ1v) is 8.32. The van der Waals surface area contributed by atoms with Gasteiger partial charge in [0.1, 0.15) is 6.54 Å². The van der Waals surface area contributed by atoms with E-state index in [-0.39, 0.29) is 37.2 Å². The van der Waals surface area contributed by atoms with E-state index < -0.39 is 24.5 Å². The van der Waals surface area contributed by atoms with Crippen LogP contribution in [0, 0.1) is 11.8 Å². The van der Waals surface area contributed by atoms with Crippen LogP contribution in [-0.4, -0.2) is 73.0 Å². The summed E-state index contributed by atoms with van der Waals surface area (Å²) in [5.41, 5.74) is 5.34. The molecule has 0 radical (unpaired) electrons. The number of nitrogens with two attached hydrogens (primary N) is 1. The fourth-order valence-corrected chi connectivity index (χ4v) is 3.30. The fraction of sp³-hybridized carbons (Fsp3) is 0.800. The first kappa shape index (κ1) is 19.5. The molecule has 0 aromatic rings. The number of halogens is 3. The molecule has 2 heterocycles. The Kier molecular flexibility index (Phi) is 6.26. The molecule has 2 aliphatic rings. The van der Waals surface area contributed by atoms with E-state index in [1.807, 2.05) is 0 Å². The second kappa shape index (κ2) is 8.03. The zero-order valence-corrected chi connectivity index (χ0v) is 13.8. The predicted molar refractivity (Wildman–Crippen MR) is 82.1 cm³/mol. The maximum Gasteiger partial charge on any atom is 0.406 e. The topological polar surface area (TPSA) is 95.7 Å². The summed E-state index contributed by atoms with van der Waals surface area (Å²) in [6.45, 7) is -0.215. The molecule has 2 unspecified atom stereocenters. The zero-order valence-electron chi connectivity index (χ0n) is 13.8. The standard InChI is InChI=1S/C15H23F3N4O3/c16-15(17,18)9-22-8-11(6-12(22)23)14(25)21-5-1-2-10(7-21)13(24)20-4-3-19/h10-11H,1-9,19H2,(H,20,24). The molecule has 2 atom stereocenters. The van der Waals surface area contributed by atoms with Crippen LogP contribution in [0.3, 0.4) is 0 Å². The van der Waals surface area contributed by atoms with Crippen LogP contribution in [0.5, 0.6) is 0 Å². The van der Waals surface area contributed by atoms with Crippen LogP contribution < -0.4 is 11.1 Å². The predicted octanol–water partition coefficient (Wildman–Crippen LogP) is -0.289. The van der Waals surface area contributed by atoms with Crippen molar-refractivity contribution in [3.05, 3.63) is 0 Å². The number of hydrogen-bond donors (Lipinski definition) is 2. The van der Waals surface area contributed by atoms with Gasteiger partial charge in [-0.15, -0.1) is 0 Å². The Labute approximate surface area is 143 Å². The number of carbonyl (C=O) groups is 3. The number of amides is 3.